The SMILES string of the molecule is Cc1cc(C(C)(C)C)c2op(Oc3cccc(Op4oc5c(C(C)(C)C)cc(C)c(C)c5c5c(C)c(C)cc(C(C)(C)C)c5o4)c3)oc3c(C(C)(C)C)cc(C)c(C)c3c2c1C. The Hall–Kier alpha value is -4.50. The highest BCUT2D eigenvalue weighted by Crippen LogP contribution is 2.49. The van der Waals surface area contributed by atoms with Gasteiger partial charge < -0.3 is 25.8 Å². The van der Waals surface area contributed by atoms with E-state index in [-0.39, 0.29) is 21.7 Å². The Balaban J connectivity index is 1.49. The highest BCUT2D eigenvalue weighted by atomic mass is 31.1. The fourth-order valence-electron chi connectivity index (χ4n) is 8.55. The Kier molecular flexibility index (Phi) is 11.5. The van der Waals surface area contributed by atoms with Crippen LogP contribution in [0.1, 0.15) is 150 Å². The Morgan fingerprint density at radius 3 is 0.790 bits per heavy atom. The van der Waals surface area contributed by atoms with Crippen molar-refractivity contribution in [2.24, 2.45) is 0 Å². The second-order valence-electron chi connectivity index (χ2n) is 21.8. The van der Waals surface area contributed by atoms with Gasteiger partial charge in [-0.3, -0.25) is 0 Å². The molecule has 0 spiro atoms. The van der Waals surface area contributed by atoms with Gasteiger partial charge in [-0.2, -0.15) is 0 Å². The van der Waals surface area contributed by atoms with Gasteiger partial charge in [0.25, 0.3) is 0 Å². The predicted molar refractivity (Wildman–Crippen MR) is 264 cm³/mol. The predicted octanol–water partition coefficient (Wildman–Crippen LogP) is 18.2. The average Bonchev–Trinajstić information content (AvgIpc) is 3.41. The summed E-state index contributed by atoms with van der Waals surface area (Å²) in [5.74, 6) is 1.10. The lowest BCUT2D eigenvalue weighted by molar-refractivity contribution is 0.478. The van der Waals surface area contributed by atoms with Crippen LogP contribution in [-0.4, -0.2) is 0 Å². The molecule has 0 amide bonds. The Morgan fingerprint density at radius 1 is 0.355 bits per heavy atom. The van der Waals surface area contributed by atoms with Gasteiger partial charge in [0.2, 0.25) is 0 Å². The average molecular weight is 875 g/mol. The zero-order valence-electron chi connectivity index (χ0n) is 41.0. The Morgan fingerprint density at radius 2 is 0.581 bits per heavy atom. The van der Waals surface area contributed by atoms with Gasteiger partial charge in [0, 0.05) is 49.9 Å². The van der Waals surface area contributed by atoms with Gasteiger partial charge in [-0.15, -0.1) is 0 Å². The van der Waals surface area contributed by atoms with E-state index in [4.69, 9.17) is 25.8 Å². The molecule has 330 valence electrons. The van der Waals surface area contributed by atoms with Crippen molar-refractivity contribution in [3.05, 3.63) is 115 Å². The van der Waals surface area contributed by atoms with Crippen molar-refractivity contribution in [3.63, 3.8) is 0 Å². The molecular weight excluding hydrogens is 807 g/mol. The fourth-order valence-corrected chi connectivity index (χ4v) is 10.7. The molecule has 0 radical (unpaired) electrons. The summed E-state index contributed by atoms with van der Waals surface area (Å²) < 4.78 is 41.9. The number of benzene rings is 5. The Bertz CT molecular complexity index is 2650. The lowest BCUT2D eigenvalue weighted by Crippen LogP contribution is -2.13. The molecule has 62 heavy (non-hydrogen) atoms. The normalized spacial score (nSPS) is 12.8. The molecule has 0 unspecified atom stereocenters. The molecule has 0 aliphatic heterocycles. The van der Waals surface area contributed by atoms with E-state index in [0.29, 0.717) is 11.5 Å². The van der Waals surface area contributed by atoms with Gasteiger partial charge in [0.05, 0.1) is 0 Å². The maximum absolute atomic E-state index is 7.05. The number of hydrogen-bond donors (Lipinski definition) is 0. The van der Waals surface area contributed by atoms with Crippen molar-refractivity contribution in [3.8, 4) is 11.5 Å². The summed E-state index contributed by atoms with van der Waals surface area (Å²) in [5.41, 5.74) is 16.4. The van der Waals surface area contributed by atoms with Gasteiger partial charge in [-0.25, -0.2) is 0 Å². The topological polar surface area (TPSA) is 71.0 Å². The van der Waals surface area contributed by atoms with E-state index in [2.05, 4.69) is 163 Å². The van der Waals surface area contributed by atoms with Gasteiger partial charge in [0.15, 0.2) is 0 Å². The van der Waals surface area contributed by atoms with Crippen LogP contribution in [-0.2, 0) is 21.7 Å². The highest BCUT2D eigenvalue weighted by Gasteiger charge is 2.30. The molecule has 0 aliphatic rings. The lowest BCUT2D eigenvalue weighted by atomic mass is 9.81. The van der Waals surface area contributed by atoms with Crippen LogP contribution >= 0.6 is 16.5 Å². The van der Waals surface area contributed by atoms with Crippen molar-refractivity contribution in [1.82, 2.24) is 0 Å². The first-order chi connectivity index (χ1) is 28.6. The summed E-state index contributed by atoms with van der Waals surface area (Å²) in [6.45, 7) is 44.3. The molecule has 7 rings (SSSR count). The summed E-state index contributed by atoms with van der Waals surface area (Å²) in [4.78, 5) is 0. The van der Waals surface area contributed by atoms with Crippen molar-refractivity contribution < 1.29 is 25.8 Å². The summed E-state index contributed by atoms with van der Waals surface area (Å²) in [6.07, 6.45) is 0. The molecule has 0 fully saturated rings. The molecule has 0 aliphatic carbocycles. The van der Waals surface area contributed by atoms with Crippen molar-refractivity contribution in [2.45, 2.75) is 160 Å². The fraction of sp³-hybridized carbons (Fsp3) is 0.444. The summed E-state index contributed by atoms with van der Waals surface area (Å²) in [7, 11) is -3.97. The van der Waals surface area contributed by atoms with E-state index in [9.17, 15) is 0 Å². The molecule has 8 heteroatoms. The summed E-state index contributed by atoms with van der Waals surface area (Å²) >= 11 is 0. The minimum atomic E-state index is -1.99. The minimum Gasteiger partial charge on any atom is -0.391 e. The summed E-state index contributed by atoms with van der Waals surface area (Å²) in [6, 6.07) is 16.7. The number of aryl methyl sites for hydroxylation is 8. The molecule has 0 saturated heterocycles. The van der Waals surface area contributed by atoms with E-state index in [0.717, 1.165) is 66.1 Å². The van der Waals surface area contributed by atoms with E-state index < -0.39 is 16.5 Å². The molecule has 7 aromatic rings. The minimum absolute atomic E-state index is 0.210. The van der Waals surface area contributed by atoms with Crippen molar-refractivity contribution in [2.75, 3.05) is 0 Å². The molecule has 2 aromatic heterocycles. The van der Waals surface area contributed by atoms with Crippen LogP contribution in [0.5, 0.6) is 11.5 Å². The molecular formula is C54H68O6P2. The van der Waals surface area contributed by atoms with Gasteiger partial charge in [-0.05, 0) is 134 Å². The second kappa shape index (κ2) is 15.6. The van der Waals surface area contributed by atoms with E-state index in [1.807, 2.05) is 24.3 Å². The second-order valence-corrected chi connectivity index (χ2v) is 23.7. The van der Waals surface area contributed by atoms with Crippen molar-refractivity contribution in [1.29, 1.82) is 0 Å². The monoisotopic (exact) mass is 874 g/mol. The maximum atomic E-state index is 7.05. The van der Waals surface area contributed by atoms with Crippen LogP contribution in [0.4, 0.5) is 0 Å². The van der Waals surface area contributed by atoms with Crippen LogP contribution in [0.2, 0.25) is 0 Å². The zero-order chi connectivity index (χ0) is 45.8. The number of fused-ring (bicyclic) bond motifs is 6. The van der Waals surface area contributed by atoms with E-state index in [1.54, 1.807) is 0 Å². The van der Waals surface area contributed by atoms with Crippen molar-refractivity contribution >= 4 is 60.4 Å². The third kappa shape index (κ3) is 8.23. The third-order valence-electron chi connectivity index (χ3n) is 12.8. The molecule has 5 aromatic carbocycles. The molecule has 6 nitrogen and oxygen atoms in total. The first kappa shape index (κ1) is 45.5. The van der Waals surface area contributed by atoms with E-state index >= 15 is 0 Å². The molecule has 0 saturated carbocycles. The first-order valence-corrected chi connectivity index (χ1v) is 24.1. The molecule has 2 heterocycles. The van der Waals surface area contributed by atoms with Crippen LogP contribution in [0.15, 0.2) is 65.3 Å². The van der Waals surface area contributed by atoms with Crippen LogP contribution < -0.4 is 9.05 Å². The highest BCUT2D eigenvalue weighted by molar-refractivity contribution is 7.32. The zero-order valence-corrected chi connectivity index (χ0v) is 42.8. The van der Waals surface area contributed by atoms with Crippen LogP contribution in [0.25, 0.3) is 43.9 Å². The third-order valence-corrected chi connectivity index (χ3v) is 14.8. The van der Waals surface area contributed by atoms with Gasteiger partial charge >= 0.3 is 16.5 Å². The lowest BCUT2D eigenvalue weighted by Gasteiger charge is -2.23. The van der Waals surface area contributed by atoms with Crippen LogP contribution in [0.3, 0.4) is 0 Å². The largest absolute Gasteiger partial charge is 0.453 e. The molecule has 0 atom stereocenters. The molecule has 0 bridgehead atoms. The number of hydrogen-bond acceptors (Lipinski definition) is 6. The smallest absolute Gasteiger partial charge is 0.391 e. The van der Waals surface area contributed by atoms with E-state index in [1.165, 1.54) is 44.5 Å². The standard InChI is InChI=1S/C54H68O6P2/c1-29-24-39(51(9,10)11)47-43(33(29)5)44-34(6)30(2)25-40(52(12,13)14)48(44)58-61(57-47)55-37-22-21-23-38(28-37)56-62-59-49-41(53(15,16)17)26-31(3)35(7)45(49)46-36(8)32(4)27-42(50(46)60-62)54(18,19)20/h21-28H,1-20H3. The maximum Gasteiger partial charge on any atom is 0.453 e. The molecule has 0 N–H and O–H groups in total. The number of rotatable bonds is 4. The van der Waals surface area contributed by atoms with Gasteiger partial charge in [0.1, 0.15) is 33.8 Å². The quantitative estimate of drug-likeness (QED) is 0.175. The van der Waals surface area contributed by atoms with Crippen LogP contribution in [0, 0.1) is 55.4 Å². The summed E-state index contributed by atoms with van der Waals surface area (Å²) in [5, 5.41) is 4.31. The Labute approximate surface area is 371 Å². The van der Waals surface area contributed by atoms with Gasteiger partial charge in [-0.1, -0.05) is 113 Å². The first-order valence-electron chi connectivity index (χ1n) is 22.0.